The summed E-state index contributed by atoms with van der Waals surface area (Å²) in [7, 11) is -3.94. The van der Waals surface area contributed by atoms with Crippen molar-refractivity contribution in [2.24, 2.45) is 10.2 Å². The molecule has 1 aliphatic heterocycles. The van der Waals surface area contributed by atoms with Gasteiger partial charge in [0.1, 0.15) is 10.7 Å². The second kappa shape index (κ2) is 3.59. The van der Waals surface area contributed by atoms with Gasteiger partial charge in [0.15, 0.2) is 0 Å². The maximum atomic E-state index is 10.6. The van der Waals surface area contributed by atoms with Crippen molar-refractivity contribution in [1.82, 2.24) is 5.53 Å². The molecule has 7 heteroatoms. The standard InChI is InChI=1S/C8H8N3O3S/c12-15(13,14)5-4-6-2-1-3-7-8(6)10-11-9-7/h1-3H,4-5H2,(H,12,13,14). The Labute approximate surface area is 86.1 Å². The van der Waals surface area contributed by atoms with Gasteiger partial charge in [0.2, 0.25) is 0 Å². The summed E-state index contributed by atoms with van der Waals surface area (Å²) in [6.45, 7) is 0. The average molecular weight is 226 g/mol. The van der Waals surface area contributed by atoms with Crippen molar-refractivity contribution in [1.29, 1.82) is 0 Å². The Kier molecular flexibility index (Phi) is 2.41. The fraction of sp³-hybridized carbons (Fsp3) is 0.250. The molecule has 0 bridgehead atoms. The van der Waals surface area contributed by atoms with E-state index in [0.717, 1.165) is 5.56 Å². The summed E-state index contributed by atoms with van der Waals surface area (Å²) in [5.41, 5.74) is 4.21. The van der Waals surface area contributed by atoms with Gasteiger partial charge in [0.25, 0.3) is 10.1 Å². The van der Waals surface area contributed by atoms with Crippen molar-refractivity contribution in [3.63, 3.8) is 0 Å². The Morgan fingerprint density at radius 2 is 2.07 bits per heavy atom. The first-order chi connectivity index (χ1) is 7.06. The molecule has 0 saturated carbocycles. The minimum Gasteiger partial charge on any atom is -0.286 e. The van der Waals surface area contributed by atoms with Gasteiger partial charge in [-0.1, -0.05) is 12.1 Å². The topological polar surface area (TPSA) is 93.2 Å². The highest BCUT2D eigenvalue weighted by molar-refractivity contribution is 7.85. The van der Waals surface area contributed by atoms with Gasteiger partial charge in [-0.05, 0) is 23.6 Å². The molecule has 2 rings (SSSR count). The molecule has 79 valence electrons. The van der Waals surface area contributed by atoms with Gasteiger partial charge in [-0.2, -0.15) is 8.42 Å². The van der Waals surface area contributed by atoms with Crippen LogP contribution in [0.3, 0.4) is 0 Å². The summed E-state index contributed by atoms with van der Waals surface area (Å²) in [6.07, 6.45) is 0.205. The Morgan fingerprint density at radius 1 is 1.27 bits per heavy atom. The summed E-state index contributed by atoms with van der Waals surface area (Å²) >= 11 is 0. The minimum absolute atomic E-state index is 0.205. The van der Waals surface area contributed by atoms with Gasteiger partial charge in [0.05, 0.1) is 5.75 Å². The van der Waals surface area contributed by atoms with Crippen LogP contribution in [0.1, 0.15) is 5.56 Å². The SMILES string of the molecule is O=S(=O)(O)CCc1cccc2c1=N[N]N=2. The molecule has 0 saturated heterocycles. The molecule has 0 aliphatic carbocycles. The molecule has 1 aromatic rings. The van der Waals surface area contributed by atoms with Crippen molar-refractivity contribution >= 4 is 10.1 Å². The van der Waals surface area contributed by atoms with Gasteiger partial charge < -0.3 is 0 Å². The van der Waals surface area contributed by atoms with Crippen molar-refractivity contribution < 1.29 is 13.0 Å². The second-order valence-corrected chi connectivity index (χ2v) is 4.68. The molecule has 6 nitrogen and oxygen atoms in total. The number of aryl methyl sites for hydroxylation is 1. The van der Waals surface area contributed by atoms with Gasteiger partial charge in [-0.3, -0.25) is 4.55 Å². The van der Waals surface area contributed by atoms with Crippen LogP contribution >= 0.6 is 0 Å². The zero-order chi connectivity index (χ0) is 10.9. The van der Waals surface area contributed by atoms with E-state index < -0.39 is 10.1 Å². The summed E-state index contributed by atoms with van der Waals surface area (Å²) in [5, 5.41) is 8.74. The third-order valence-corrected chi connectivity index (χ3v) is 2.74. The zero-order valence-electron chi connectivity index (χ0n) is 7.66. The smallest absolute Gasteiger partial charge is 0.265 e. The van der Waals surface area contributed by atoms with Gasteiger partial charge in [-0.15, -0.1) is 10.2 Å². The summed E-state index contributed by atoms with van der Waals surface area (Å²) in [6, 6.07) is 5.23. The van der Waals surface area contributed by atoms with Crippen LogP contribution < -0.4 is 16.2 Å². The maximum absolute atomic E-state index is 10.6. The number of nitrogens with zero attached hydrogens (tertiary/aromatic N) is 3. The lowest BCUT2D eigenvalue weighted by atomic mass is 10.1. The Bertz CT molecular complexity index is 594. The molecule has 0 amide bonds. The van der Waals surface area contributed by atoms with Crippen molar-refractivity contribution in [2.45, 2.75) is 6.42 Å². The Balaban J connectivity index is 2.33. The van der Waals surface area contributed by atoms with Crippen LogP contribution in [0.25, 0.3) is 0 Å². The monoisotopic (exact) mass is 226 g/mol. The van der Waals surface area contributed by atoms with Crippen molar-refractivity contribution in [3.8, 4) is 0 Å². The van der Waals surface area contributed by atoms with Crippen LogP contribution in [0.15, 0.2) is 28.4 Å². The van der Waals surface area contributed by atoms with Crippen molar-refractivity contribution in [2.75, 3.05) is 5.75 Å². The molecule has 1 radical (unpaired) electrons. The third kappa shape index (κ3) is 2.31. The van der Waals surface area contributed by atoms with Crippen LogP contribution in [0.4, 0.5) is 0 Å². The zero-order valence-corrected chi connectivity index (χ0v) is 8.48. The minimum atomic E-state index is -3.94. The van der Waals surface area contributed by atoms with Crippen LogP contribution in [0.5, 0.6) is 0 Å². The van der Waals surface area contributed by atoms with E-state index in [1.165, 1.54) is 0 Å². The van der Waals surface area contributed by atoms with E-state index in [-0.39, 0.29) is 12.2 Å². The molecule has 1 N–H and O–H groups in total. The molecule has 1 aliphatic rings. The Hall–Kier alpha value is -1.47. The quantitative estimate of drug-likeness (QED) is 0.656. The first-order valence-electron chi connectivity index (χ1n) is 4.25. The molecular weight excluding hydrogens is 218 g/mol. The van der Waals surface area contributed by atoms with E-state index in [4.69, 9.17) is 4.55 Å². The number of benzene rings is 1. The molecule has 0 fully saturated rings. The van der Waals surface area contributed by atoms with Crippen LogP contribution in [-0.2, 0) is 16.5 Å². The number of hydrogen-bond donors (Lipinski definition) is 1. The Morgan fingerprint density at radius 3 is 2.80 bits per heavy atom. The van der Waals surface area contributed by atoms with Crippen molar-refractivity contribution in [3.05, 3.63) is 34.5 Å². The number of fused-ring (bicyclic) bond motifs is 1. The average Bonchev–Trinajstić information content (AvgIpc) is 2.61. The molecule has 1 heterocycles. The second-order valence-electron chi connectivity index (χ2n) is 3.11. The third-order valence-electron chi connectivity index (χ3n) is 2.02. The highest BCUT2D eigenvalue weighted by atomic mass is 32.2. The molecule has 0 aromatic heterocycles. The van der Waals surface area contributed by atoms with Gasteiger partial charge in [0, 0.05) is 0 Å². The largest absolute Gasteiger partial charge is 0.286 e. The highest BCUT2D eigenvalue weighted by Crippen LogP contribution is 1.95. The predicted octanol–water partition coefficient (Wildman–Crippen LogP) is -1.20. The lowest BCUT2D eigenvalue weighted by Gasteiger charge is -1.97. The molecule has 1 aromatic carbocycles. The maximum Gasteiger partial charge on any atom is 0.265 e. The van der Waals surface area contributed by atoms with E-state index in [0.29, 0.717) is 10.7 Å². The predicted molar refractivity (Wildman–Crippen MR) is 51.0 cm³/mol. The van der Waals surface area contributed by atoms with E-state index in [9.17, 15) is 8.42 Å². The summed E-state index contributed by atoms with van der Waals surface area (Å²) in [5.74, 6) is -0.320. The normalized spacial score (nSPS) is 13.7. The lowest BCUT2D eigenvalue weighted by molar-refractivity contribution is 0.482. The highest BCUT2D eigenvalue weighted by Gasteiger charge is 2.09. The molecule has 15 heavy (non-hydrogen) atoms. The molecule has 0 atom stereocenters. The van der Waals surface area contributed by atoms with E-state index >= 15 is 0 Å². The first kappa shape index (κ1) is 10.1. The van der Waals surface area contributed by atoms with E-state index in [2.05, 4.69) is 15.7 Å². The van der Waals surface area contributed by atoms with Crippen LogP contribution in [0.2, 0.25) is 0 Å². The van der Waals surface area contributed by atoms with Crippen LogP contribution in [0, 0.1) is 0 Å². The fourth-order valence-electron chi connectivity index (χ4n) is 1.33. The number of rotatable bonds is 3. The molecule has 0 spiro atoms. The van der Waals surface area contributed by atoms with E-state index in [1.54, 1.807) is 18.2 Å². The molecular formula is C8H8N3O3S. The van der Waals surface area contributed by atoms with E-state index in [1.807, 2.05) is 0 Å². The van der Waals surface area contributed by atoms with Gasteiger partial charge >= 0.3 is 0 Å². The molecule has 0 unspecified atom stereocenters. The fourth-order valence-corrected chi connectivity index (χ4v) is 1.81. The number of hydrogen-bond acceptors (Lipinski definition) is 4. The summed E-state index contributed by atoms with van der Waals surface area (Å²) < 4.78 is 29.8. The van der Waals surface area contributed by atoms with Gasteiger partial charge in [-0.25, -0.2) is 0 Å². The lowest BCUT2D eigenvalue weighted by Crippen LogP contribution is -2.27. The summed E-state index contributed by atoms with van der Waals surface area (Å²) in [4.78, 5) is 0. The van der Waals surface area contributed by atoms with Crippen LogP contribution in [-0.4, -0.2) is 18.7 Å². The first-order valence-corrected chi connectivity index (χ1v) is 5.86.